The molecule has 2 unspecified atom stereocenters. The quantitative estimate of drug-likeness (QED) is 0.220. The first kappa shape index (κ1) is 28.8. The molecular weight excluding hydrogens is 518 g/mol. The molecule has 0 radical (unpaired) electrons. The first-order valence-electron chi connectivity index (χ1n) is 13.2. The van der Waals surface area contributed by atoms with Crippen molar-refractivity contribution in [3.05, 3.63) is 126 Å². The number of hydrogen-bond acceptors (Lipinski definition) is 4. The van der Waals surface area contributed by atoms with Crippen molar-refractivity contribution in [2.45, 2.75) is 31.8 Å². The number of rotatable bonds is 11. The first-order chi connectivity index (χ1) is 19.8. The molecule has 3 amide bonds. The summed E-state index contributed by atoms with van der Waals surface area (Å²) in [6.45, 7) is 1.38. The van der Waals surface area contributed by atoms with Crippen molar-refractivity contribution in [3.63, 3.8) is 0 Å². The molecule has 0 aliphatic rings. The van der Waals surface area contributed by atoms with Gasteiger partial charge in [0, 0.05) is 31.0 Å². The van der Waals surface area contributed by atoms with E-state index < -0.39 is 24.0 Å². The number of carbonyl (C=O) groups is 4. The topological polar surface area (TPSA) is 125 Å². The molecule has 4 N–H and O–H groups in total. The third kappa shape index (κ3) is 8.37. The predicted octanol–water partition coefficient (Wildman–Crippen LogP) is 4.47. The summed E-state index contributed by atoms with van der Waals surface area (Å²) in [5, 5.41) is 17.7. The lowest BCUT2D eigenvalue weighted by molar-refractivity contribution is -0.139. The van der Waals surface area contributed by atoms with Crippen LogP contribution >= 0.6 is 0 Å². The van der Waals surface area contributed by atoms with Crippen molar-refractivity contribution < 1.29 is 24.3 Å². The number of benzene rings is 4. The minimum absolute atomic E-state index is 0.181. The molecule has 0 fully saturated rings. The van der Waals surface area contributed by atoms with Crippen LogP contribution in [0.25, 0.3) is 11.1 Å². The van der Waals surface area contributed by atoms with Gasteiger partial charge in [0.2, 0.25) is 11.8 Å². The van der Waals surface area contributed by atoms with Gasteiger partial charge in [0.1, 0.15) is 12.1 Å². The van der Waals surface area contributed by atoms with E-state index >= 15 is 0 Å². The van der Waals surface area contributed by atoms with Gasteiger partial charge in [-0.2, -0.15) is 0 Å². The SMILES string of the molecule is CC(=O)NC(Cc1ccccc1)C(=O)Nc1ccc(-c2ccc(C(=O)NC(Cc3ccccc3)C(=O)O)cc2)cc1. The molecule has 208 valence electrons. The van der Waals surface area contributed by atoms with Crippen molar-refractivity contribution in [2.75, 3.05) is 5.32 Å². The fourth-order valence-corrected chi connectivity index (χ4v) is 4.39. The summed E-state index contributed by atoms with van der Waals surface area (Å²) in [6.07, 6.45) is 0.546. The van der Waals surface area contributed by atoms with Gasteiger partial charge >= 0.3 is 5.97 Å². The van der Waals surface area contributed by atoms with E-state index in [0.717, 1.165) is 22.3 Å². The van der Waals surface area contributed by atoms with E-state index in [0.29, 0.717) is 17.7 Å². The Labute approximate surface area is 238 Å². The van der Waals surface area contributed by atoms with Crippen LogP contribution in [-0.2, 0) is 27.2 Å². The van der Waals surface area contributed by atoms with Crippen molar-refractivity contribution >= 4 is 29.4 Å². The number of nitrogens with one attached hydrogen (secondary N) is 3. The molecule has 0 bridgehead atoms. The van der Waals surface area contributed by atoms with Crippen molar-refractivity contribution in [1.29, 1.82) is 0 Å². The summed E-state index contributed by atoms with van der Waals surface area (Å²) in [6, 6.07) is 30.9. The molecular formula is C33H31N3O5. The summed E-state index contributed by atoms with van der Waals surface area (Å²) in [5.41, 5.74) is 4.39. The number of anilines is 1. The van der Waals surface area contributed by atoms with E-state index in [1.165, 1.54) is 6.92 Å². The second-order valence-electron chi connectivity index (χ2n) is 9.64. The van der Waals surface area contributed by atoms with Crippen LogP contribution in [0.4, 0.5) is 5.69 Å². The highest BCUT2D eigenvalue weighted by Crippen LogP contribution is 2.22. The number of carboxylic acids is 1. The van der Waals surface area contributed by atoms with Gasteiger partial charge in [0.15, 0.2) is 0 Å². The Balaban J connectivity index is 1.38. The average molecular weight is 550 g/mol. The summed E-state index contributed by atoms with van der Waals surface area (Å²) in [7, 11) is 0. The number of amides is 3. The lowest BCUT2D eigenvalue weighted by Gasteiger charge is -2.18. The first-order valence-corrected chi connectivity index (χ1v) is 13.2. The highest BCUT2D eigenvalue weighted by molar-refractivity contribution is 5.98. The van der Waals surface area contributed by atoms with Crippen LogP contribution in [0.5, 0.6) is 0 Å². The normalized spacial score (nSPS) is 12.0. The van der Waals surface area contributed by atoms with Gasteiger partial charge in [0.05, 0.1) is 0 Å². The van der Waals surface area contributed by atoms with E-state index in [4.69, 9.17) is 0 Å². The van der Waals surface area contributed by atoms with Crippen LogP contribution in [0, 0.1) is 0 Å². The Hall–Kier alpha value is -5.24. The Bertz CT molecular complexity index is 1490. The van der Waals surface area contributed by atoms with Crippen LogP contribution < -0.4 is 16.0 Å². The number of carbonyl (C=O) groups excluding carboxylic acids is 3. The minimum atomic E-state index is -1.10. The average Bonchev–Trinajstić information content (AvgIpc) is 2.98. The maximum absolute atomic E-state index is 12.9. The molecule has 0 heterocycles. The fourth-order valence-electron chi connectivity index (χ4n) is 4.39. The highest BCUT2D eigenvalue weighted by atomic mass is 16.4. The van der Waals surface area contributed by atoms with E-state index in [9.17, 15) is 24.3 Å². The van der Waals surface area contributed by atoms with Crippen molar-refractivity contribution in [2.24, 2.45) is 0 Å². The van der Waals surface area contributed by atoms with Crippen molar-refractivity contribution in [3.8, 4) is 11.1 Å². The van der Waals surface area contributed by atoms with Crippen LogP contribution in [0.3, 0.4) is 0 Å². The van der Waals surface area contributed by atoms with Gasteiger partial charge in [-0.3, -0.25) is 14.4 Å². The third-order valence-corrected chi connectivity index (χ3v) is 6.50. The van der Waals surface area contributed by atoms with Crippen LogP contribution in [0.15, 0.2) is 109 Å². The molecule has 0 aliphatic carbocycles. The highest BCUT2D eigenvalue weighted by Gasteiger charge is 2.22. The molecule has 0 saturated heterocycles. The van der Waals surface area contributed by atoms with Crippen LogP contribution in [0.1, 0.15) is 28.4 Å². The lowest BCUT2D eigenvalue weighted by atomic mass is 10.0. The van der Waals surface area contributed by atoms with Gasteiger partial charge in [-0.05, 0) is 46.5 Å². The van der Waals surface area contributed by atoms with Gasteiger partial charge in [-0.25, -0.2) is 4.79 Å². The Morgan fingerprint density at radius 2 is 1.12 bits per heavy atom. The molecule has 4 aromatic rings. The second kappa shape index (κ2) is 13.7. The standard InChI is InChI=1S/C33H31N3O5/c1-22(37)34-29(20-23-8-4-2-5-9-23)32(39)35-28-18-16-26(17-19-28)25-12-14-27(15-13-25)31(38)36-30(33(40)41)21-24-10-6-3-7-11-24/h2-19,29-30H,20-21H2,1H3,(H,34,37)(H,35,39)(H,36,38)(H,40,41). The molecule has 0 saturated carbocycles. The lowest BCUT2D eigenvalue weighted by Crippen LogP contribution is -2.44. The largest absolute Gasteiger partial charge is 0.480 e. The van der Waals surface area contributed by atoms with Gasteiger partial charge in [-0.15, -0.1) is 0 Å². The zero-order valence-electron chi connectivity index (χ0n) is 22.5. The Kier molecular flexibility index (Phi) is 9.62. The molecule has 0 aromatic heterocycles. The monoisotopic (exact) mass is 549 g/mol. The Morgan fingerprint density at radius 3 is 1.61 bits per heavy atom. The predicted molar refractivity (Wildman–Crippen MR) is 157 cm³/mol. The van der Waals surface area contributed by atoms with E-state index in [2.05, 4.69) is 16.0 Å². The van der Waals surface area contributed by atoms with Gasteiger partial charge in [0.25, 0.3) is 5.91 Å². The summed E-state index contributed by atoms with van der Waals surface area (Å²) >= 11 is 0. The molecule has 41 heavy (non-hydrogen) atoms. The zero-order valence-corrected chi connectivity index (χ0v) is 22.5. The summed E-state index contributed by atoms with van der Waals surface area (Å²) in [4.78, 5) is 49.1. The molecule has 8 nitrogen and oxygen atoms in total. The number of hydrogen-bond donors (Lipinski definition) is 4. The molecule has 4 rings (SSSR count). The summed E-state index contributed by atoms with van der Waals surface area (Å²) in [5.74, 6) is -2.18. The van der Waals surface area contributed by atoms with E-state index in [1.54, 1.807) is 36.4 Å². The maximum Gasteiger partial charge on any atom is 0.326 e. The summed E-state index contributed by atoms with van der Waals surface area (Å²) < 4.78 is 0. The Morgan fingerprint density at radius 1 is 0.634 bits per heavy atom. The van der Waals surface area contributed by atoms with Crippen molar-refractivity contribution in [1.82, 2.24) is 10.6 Å². The molecule has 0 aliphatic heterocycles. The second-order valence-corrected chi connectivity index (χ2v) is 9.64. The molecule has 0 spiro atoms. The van der Waals surface area contributed by atoms with Gasteiger partial charge < -0.3 is 21.1 Å². The number of carboxylic acid groups (broad SMARTS) is 1. The smallest absolute Gasteiger partial charge is 0.326 e. The van der Waals surface area contributed by atoms with E-state index in [1.807, 2.05) is 72.8 Å². The van der Waals surface area contributed by atoms with Gasteiger partial charge in [-0.1, -0.05) is 84.9 Å². The number of aliphatic carboxylic acids is 1. The van der Waals surface area contributed by atoms with Crippen LogP contribution in [0.2, 0.25) is 0 Å². The molecule has 8 heteroatoms. The fraction of sp³-hybridized carbons (Fsp3) is 0.152. The van der Waals surface area contributed by atoms with Crippen LogP contribution in [-0.4, -0.2) is 40.9 Å². The molecule has 2 atom stereocenters. The third-order valence-electron chi connectivity index (χ3n) is 6.50. The minimum Gasteiger partial charge on any atom is -0.480 e. The van der Waals surface area contributed by atoms with E-state index in [-0.39, 0.29) is 18.2 Å². The zero-order chi connectivity index (χ0) is 29.2. The molecule has 4 aromatic carbocycles. The maximum atomic E-state index is 12.9.